The minimum atomic E-state index is -1.05. The molecule has 4 rings (SSSR count). The molecule has 2 aromatic heterocycles. The second-order valence-corrected chi connectivity index (χ2v) is 10.6. The number of anilines is 2. The molecule has 0 spiro atoms. The fourth-order valence-corrected chi connectivity index (χ4v) is 5.54. The van der Waals surface area contributed by atoms with E-state index in [1.54, 1.807) is 23.1 Å². The number of rotatable bonds is 7. The molecule has 188 valence electrons. The number of benzene rings is 1. The molecule has 0 atom stereocenters. The molecule has 1 saturated carbocycles. The van der Waals surface area contributed by atoms with Crippen molar-refractivity contribution in [1.82, 2.24) is 9.97 Å². The molecular formula is C27H30N4O4S. The first-order chi connectivity index (χ1) is 17.2. The molecule has 0 bridgehead atoms. The Labute approximate surface area is 214 Å². The second-order valence-electron chi connectivity index (χ2n) is 9.52. The molecule has 1 aromatic carbocycles. The van der Waals surface area contributed by atoms with E-state index in [0.29, 0.717) is 17.3 Å². The molecule has 0 aliphatic heterocycles. The van der Waals surface area contributed by atoms with Gasteiger partial charge in [-0.2, -0.15) is 0 Å². The molecule has 2 heterocycles. The van der Waals surface area contributed by atoms with Crippen molar-refractivity contribution in [3.05, 3.63) is 59.5 Å². The second kappa shape index (κ2) is 11.0. The fourth-order valence-electron chi connectivity index (χ4n) is 4.55. The Morgan fingerprint density at radius 2 is 1.78 bits per heavy atom. The van der Waals surface area contributed by atoms with E-state index < -0.39 is 5.97 Å². The number of aromatic nitrogens is 2. The summed E-state index contributed by atoms with van der Waals surface area (Å²) in [4.78, 5) is 48.3. The number of amides is 2. The molecule has 3 aromatic rings. The number of hydrogen-bond acceptors (Lipinski definition) is 6. The number of nitrogens with zero attached hydrogens (tertiary/aromatic N) is 3. The molecular weight excluding hydrogens is 476 g/mol. The van der Waals surface area contributed by atoms with Gasteiger partial charge in [-0.25, -0.2) is 14.8 Å². The van der Waals surface area contributed by atoms with Crippen molar-refractivity contribution in [3.8, 4) is 10.4 Å². The third-order valence-electron chi connectivity index (χ3n) is 6.53. The summed E-state index contributed by atoms with van der Waals surface area (Å²) in [6, 6.07) is 10.3. The van der Waals surface area contributed by atoms with Gasteiger partial charge in [0.25, 0.3) is 5.91 Å². The van der Waals surface area contributed by atoms with Gasteiger partial charge in [-0.05, 0) is 75.3 Å². The van der Waals surface area contributed by atoms with Crippen molar-refractivity contribution in [1.29, 1.82) is 0 Å². The van der Waals surface area contributed by atoms with Crippen LogP contribution in [-0.4, -0.2) is 38.9 Å². The van der Waals surface area contributed by atoms with Gasteiger partial charge < -0.3 is 15.3 Å². The molecule has 36 heavy (non-hydrogen) atoms. The maximum absolute atomic E-state index is 13.5. The topological polar surface area (TPSA) is 112 Å². The predicted octanol–water partition coefficient (Wildman–Crippen LogP) is 5.72. The van der Waals surface area contributed by atoms with Crippen LogP contribution >= 0.6 is 11.3 Å². The Bertz CT molecular complexity index is 1230. The number of carbonyl (C=O) groups is 3. The Morgan fingerprint density at radius 1 is 1.08 bits per heavy atom. The monoisotopic (exact) mass is 506 g/mol. The number of aromatic carboxylic acids is 1. The Kier molecular flexibility index (Phi) is 7.79. The summed E-state index contributed by atoms with van der Waals surface area (Å²) in [7, 11) is 0. The highest BCUT2D eigenvalue weighted by atomic mass is 32.1. The first-order valence-corrected chi connectivity index (χ1v) is 12.9. The van der Waals surface area contributed by atoms with Gasteiger partial charge in [-0.3, -0.25) is 9.59 Å². The summed E-state index contributed by atoms with van der Waals surface area (Å²) in [5.41, 5.74) is 2.09. The zero-order chi connectivity index (χ0) is 25.8. The van der Waals surface area contributed by atoms with Crippen molar-refractivity contribution in [2.24, 2.45) is 11.8 Å². The molecule has 0 saturated heterocycles. The van der Waals surface area contributed by atoms with Gasteiger partial charge in [0.15, 0.2) is 0 Å². The average Bonchev–Trinajstić information content (AvgIpc) is 3.30. The van der Waals surface area contributed by atoms with Gasteiger partial charge in [0, 0.05) is 28.7 Å². The van der Waals surface area contributed by atoms with Gasteiger partial charge in [-0.1, -0.05) is 19.1 Å². The SMILES string of the molecule is CC1CCC(C(=O)N(c2cc(-c3ccc(NC(=O)c4ccncn4)cc3)sc2C(=O)O)C(C)C)CC1. The third-order valence-corrected chi connectivity index (χ3v) is 7.69. The number of carbonyl (C=O) groups excluding carboxylic acids is 2. The van der Waals surface area contributed by atoms with Crippen molar-refractivity contribution in [3.63, 3.8) is 0 Å². The van der Waals surface area contributed by atoms with Gasteiger partial charge in [0.2, 0.25) is 5.91 Å². The normalized spacial score (nSPS) is 17.6. The number of carboxylic acids is 1. The van der Waals surface area contributed by atoms with Crippen LogP contribution in [0.3, 0.4) is 0 Å². The minimum Gasteiger partial charge on any atom is -0.477 e. The van der Waals surface area contributed by atoms with E-state index >= 15 is 0 Å². The molecule has 1 aliphatic rings. The molecule has 0 radical (unpaired) electrons. The van der Waals surface area contributed by atoms with Crippen LogP contribution in [0.5, 0.6) is 0 Å². The Hall–Kier alpha value is -3.59. The fraction of sp³-hybridized carbons (Fsp3) is 0.370. The molecule has 0 unspecified atom stereocenters. The predicted molar refractivity (Wildman–Crippen MR) is 140 cm³/mol. The van der Waals surface area contributed by atoms with Crippen LogP contribution < -0.4 is 10.2 Å². The summed E-state index contributed by atoms with van der Waals surface area (Å²) < 4.78 is 0. The van der Waals surface area contributed by atoms with E-state index in [1.165, 1.54) is 18.6 Å². The van der Waals surface area contributed by atoms with E-state index in [2.05, 4.69) is 22.2 Å². The average molecular weight is 507 g/mol. The molecule has 9 heteroatoms. The van der Waals surface area contributed by atoms with Crippen LogP contribution in [0, 0.1) is 11.8 Å². The Balaban J connectivity index is 1.58. The lowest BCUT2D eigenvalue weighted by atomic mass is 9.82. The number of carboxylic acid groups (broad SMARTS) is 1. The first kappa shape index (κ1) is 25.5. The lowest BCUT2D eigenvalue weighted by molar-refractivity contribution is -0.123. The van der Waals surface area contributed by atoms with E-state index in [1.807, 2.05) is 26.0 Å². The van der Waals surface area contributed by atoms with Crippen molar-refractivity contribution in [2.45, 2.75) is 52.5 Å². The summed E-state index contributed by atoms with van der Waals surface area (Å²) in [6.07, 6.45) is 6.52. The number of nitrogens with one attached hydrogen (secondary N) is 1. The smallest absolute Gasteiger partial charge is 0.348 e. The number of thiophene rings is 1. The highest BCUT2D eigenvalue weighted by molar-refractivity contribution is 7.18. The summed E-state index contributed by atoms with van der Waals surface area (Å²) in [6.45, 7) is 6.05. The van der Waals surface area contributed by atoms with Crippen LogP contribution in [0.25, 0.3) is 10.4 Å². The van der Waals surface area contributed by atoms with Crippen molar-refractivity contribution in [2.75, 3.05) is 10.2 Å². The number of hydrogen-bond donors (Lipinski definition) is 2. The van der Waals surface area contributed by atoms with Crippen LogP contribution in [0.15, 0.2) is 48.9 Å². The van der Waals surface area contributed by atoms with Crippen LogP contribution in [0.1, 0.15) is 66.6 Å². The van der Waals surface area contributed by atoms with Crippen LogP contribution in [-0.2, 0) is 4.79 Å². The van der Waals surface area contributed by atoms with Crippen LogP contribution in [0.4, 0.5) is 11.4 Å². The molecule has 1 fully saturated rings. The van der Waals surface area contributed by atoms with Gasteiger partial charge in [-0.15, -0.1) is 11.3 Å². The van der Waals surface area contributed by atoms with E-state index in [4.69, 9.17) is 0 Å². The maximum Gasteiger partial charge on any atom is 0.348 e. The highest BCUT2D eigenvalue weighted by Crippen LogP contribution is 2.40. The quantitative estimate of drug-likeness (QED) is 0.424. The lowest BCUT2D eigenvalue weighted by Gasteiger charge is -2.33. The van der Waals surface area contributed by atoms with E-state index in [9.17, 15) is 19.5 Å². The third kappa shape index (κ3) is 5.62. The lowest BCUT2D eigenvalue weighted by Crippen LogP contribution is -2.42. The largest absolute Gasteiger partial charge is 0.477 e. The maximum atomic E-state index is 13.5. The van der Waals surface area contributed by atoms with Gasteiger partial charge in [0.1, 0.15) is 16.9 Å². The molecule has 1 aliphatic carbocycles. The molecule has 8 nitrogen and oxygen atoms in total. The standard InChI is InChI=1S/C27H30N4O4S/c1-16(2)31(26(33)19-6-4-17(3)5-7-19)22-14-23(36-24(22)27(34)35)18-8-10-20(11-9-18)30-25(32)21-12-13-28-15-29-21/h8-17,19H,4-7H2,1-3H3,(H,30,32)(H,34,35). The Morgan fingerprint density at radius 3 is 2.36 bits per heavy atom. The van der Waals surface area contributed by atoms with Crippen LogP contribution in [0.2, 0.25) is 0 Å². The zero-order valence-electron chi connectivity index (χ0n) is 20.6. The summed E-state index contributed by atoms with van der Waals surface area (Å²) in [5.74, 6) is -0.846. The molecule has 2 amide bonds. The van der Waals surface area contributed by atoms with Gasteiger partial charge in [0.05, 0.1) is 5.69 Å². The van der Waals surface area contributed by atoms with E-state index in [-0.39, 0.29) is 34.3 Å². The van der Waals surface area contributed by atoms with Gasteiger partial charge >= 0.3 is 5.97 Å². The zero-order valence-corrected chi connectivity index (χ0v) is 21.4. The summed E-state index contributed by atoms with van der Waals surface area (Å²) in [5, 5.41) is 12.7. The first-order valence-electron chi connectivity index (χ1n) is 12.1. The molecule has 2 N–H and O–H groups in total. The minimum absolute atomic E-state index is 0.00605. The van der Waals surface area contributed by atoms with Crippen molar-refractivity contribution >= 4 is 40.5 Å². The highest BCUT2D eigenvalue weighted by Gasteiger charge is 2.33. The van der Waals surface area contributed by atoms with E-state index in [0.717, 1.165) is 47.5 Å². The van der Waals surface area contributed by atoms with Crippen molar-refractivity contribution < 1.29 is 19.5 Å². The summed E-state index contributed by atoms with van der Waals surface area (Å²) >= 11 is 1.15.